The lowest BCUT2D eigenvalue weighted by atomic mass is 9.96. The highest BCUT2D eigenvalue weighted by Crippen LogP contribution is 2.42. The standard InChI is InChI=1S/C30H34ClNO/c1-2-3-8-22-9-7-12-26(19-22)32-27-17-18-28(32)21-29(20-27)33-30(23-10-5-4-6-11-23)24-13-15-25(31)16-14-24/h4-7,9-16,19,27-30H,2-3,8,17-18,20-21H2,1H3/t27-,28+,29?,30?. The SMILES string of the molecule is CCCCc1cccc(N2[C@@H]3CC[C@H]2CC(OC(c2ccccc2)c2ccc(Cl)cc2)C3)c1. The van der Waals surface area contributed by atoms with Crippen molar-refractivity contribution in [3.05, 3.63) is 101 Å². The Kier molecular flexibility index (Phi) is 7.04. The summed E-state index contributed by atoms with van der Waals surface area (Å²) in [6.07, 6.45) is 8.60. The first-order valence-electron chi connectivity index (χ1n) is 12.5. The zero-order valence-corrected chi connectivity index (χ0v) is 20.3. The number of halogens is 1. The zero-order valence-electron chi connectivity index (χ0n) is 19.5. The molecule has 0 spiro atoms. The number of fused-ring (bicyclic) bond motifs is 2. The van der Waals surface area contributed by atoms with Gasteiger partial charge >= 0.3 is 0 Å². The molecule has 0 N–H and O–H groups in total. The van der Waals surface area contributed by atoms with E-state index in [2.05, 4.69) is 78.6 Å². The Balaban J connectivity index is 1.33. The molecule has 172 valence electrons. The molecule has 2 nitrogen and oxygen atoms in total. The number of unbranched alkanes of at least 4 members (excludes halogenated alkanes) is 1. The predicted molar refractivity (Wildman–Crippen MR) is 138 cm³/mol. The molecular formula is C30H34ClNO. The Morgan fingerprint density at radius 3 is 2.27 bits per heavy atom. The van der Waals surface area contributed by atoms with Crippen LogP contribution in [-0.4, -0.2) is 18.2 Å². The van der Waals surface area contributed by atoms with E-state index in [4.69, 9.17) is 16.3 Å². The maximum absolute atomic E-state index is 6.88. The van der Waals surface area contributed by atoms with Gasteiger partial charge in [-0.25, -0.2) is 0 Å². The number of piperidine rings is 1. The second kappa shape index (κ2) is 10.3. The number of hydrogen-bond donors (Lipinski definition) is 0. The van der Waals surface area contributed by atoms with Gasteiger partial charge < -0.3 is 9.64 Å². The maximum Gasteiger partial charge on any atom is 0.108 e. The second-order valence-electron chi connectivity index (χ2n) is 9.64. The number of hydrogen-bond acceptors (Lipinski definition) is 2. The highest BCUT2D eigenvalue weighted by atomic mass is 35.5. The largest absolute Gasteiger partial charge is 0.365 e. The molecule has 0 radical (unpaired) electrons. The Morgan fingerprint density at radius 1 is 0.879 bits per heavy atom. The Morgan fingerprint density at radius 2 is 1.58 bits per heavy atom. The number of ether oxygens (including phenoxy) is 1. The van der Waals surface area contributed by atoms with E-state index in [0.717, 1.165) is 17.9 Å². The quantitative estimate of drug-likeness (QED) is 0.338. The molecule has 4 atom stereocenters. The maximum atomic E-state index is 6.88. The predicted octanol–water partition coefficient (Wildman–Crippen LogP) is 7.99. The van der Waals surface area contributed by atoms with Gasteiger partial charge in [0, 0.05) is 22.8 Å². The van der Waals surface area contributed by atoms with Gasteiger partial charge in [0.25, 0.3) is 0 Å². The van der Waals surface area contributed by atoms with Crippen molar-refractivity contribution in [2.45, 2.75) is 76.2 Å². The molecular weight excluding hydrogens is 426 g/mol. The molecule has 0 saturated carbocycles. The van der Waals surface area contributed by atoms with Gasteiger partial charge in [-0.2, -0.15) is 0 Å². The lowest BCUT2D eigenvalue weighted by Gasteiger charge is -2.41. The summed E-state index contributed by atoms with van der Waals surface area (Å²) in [7, 11) is 0. The molecule has 3 aromatic rings. The van der Waals surface area contributed by atoms with E-state index in [-0.39, 0.29) is 12.2 Å². The third kappa shape index (κ3) is 5.13. The van der Waals surface area contributed by atoms with Crippen molar-refractivity contribution in [1.29, 1.82) is 0 Å². The molecule has 2 bridgehead atoms. The van der Waals surface area contributed by atoms with Gasteiger partial charge in [-0.05, 0) is 79.5 Å². The molecule has 3 aromatic carbocycles. The first kappa shape index (κ1) is 22.5. The number of nitrogens with zero attached hydrogens (tertiary/aromatic N) is 1. The molecule has 2 aliphatic rings. The van der Waals surface area contributed by atoms with E-state index < -0.39 is 0 Å². The average Bonchev–Trinajstić information content (AvgIpc) is 3.12. The summed E-state index contributed by atoms with van der Waals surface area (Å²) in [6.45, 7) is 2.27. The fourth-order valence-corrected chi connectivity index (χ4v) is 5.85. The first-order chi connectivity index (χ1) is 16.2. The summed E-state index contributed by atoms with van der Waals surface area (Å²) in [5.74, 6) is 0. The van der Waals surface area contributed by atoms with E-state index in [1.165, 1.54) is 54.5 Å². The minimum absolute atomic E-state index is 0.0585. The molecule has 2 saturated heterocycles. The van der Waals surface area contributed by atoms with Crippen molar-refractivity contribution in [2.75, 3.05) is 4.90 Å². The van der Waals surface area contributed by atoms with Crippen molar-refractivity contribution >= 4 is 17.3 Å². The van der Waals surface area contributed by atoms with E-state index in [1.54, 1.807) is 0 Å². The van der Waals surface area contributed by atoms with Crippen LogP contribution in [0.25, 0.3) is 0 Å². The summed E-state index contributed by atoms with van der Waals surface area (Å²) >= 11 is 6.17. The van der Waals surface area contributed by atoms with E-state index in [9.17, 15) is 0 Å². The van der Waals surface area contributed by atoms with E-state index in [0.29, 0.717) is 12.1 Å². The average molecular weight is 460 g/mol. The van der Waals surface area contributed by atoms with Crippen LogP contribution in [0.1, 0.15) is 68.2 Å². The third-order valence-electron chi connectivity index (χ3n) is 7.32. The van der Waals surface area contributed by atoms with Gasteiger partial charge in [-0.1, -0.05) is 79.5 Å². The molecule has 2 aliphatic heterocycles. The highest BCUT2D eigenvalue weighted by molar-refractivity contribution is 6.30. The van der Waals surface area contributed by atoms with Crippen LogP contribution in [0.5, 0.6) is 0 Å². The van der Waals surface area contributed by atoms with Gasteiger partial charge in [0.15, 0.2) is 0 Å². The molecule has 2 fully saturated rings. The van der Waals surface area contributed by atoms with E-state index in [1.807, 2.05) is 12.1 Å². The molecule has 2 heterocycles. The number of anilines is 1. The lowest BCUT2D eigenvalue weighted by molar-refractivity contribution is -0.0132. The first-order valence-corrected chi connectivity index (χ1v) is 12.9. The van der Waals surface area contributed by atoms with Crippen LogP contribution in [0.15, 0.2) is 78.9 Å². The van der Waals surface area contributed by atoms with Crippen molar-refractivity contribution < 1.29 is 4.74 Å². The topological polar surface area (TPSA) is 12.5 Å². The second-order valence-corrected chi connectivity index (χ2v) is 10.1. The van der Waals surface area contributed by atoms with Gasteiger partial charge in [-0.15, -0.1) is 0 Å². The summed E-state index contributed by atoms with van der Waals surface area (Å²) in [4.78, 5) is 2.70. The molecule has 3 heteroatoms. The summed E-state index contributed by atoms with van der Waals surface area (Å²) in [6, 6.07) is 29.1. The molecule has 5 rings (SSSR count). The van der Waals surface area contributed by atoms with Crippen LogP contribution in [-0.2, 0) is 11.2 Å². The Labute approximate surface area is 203 Å². The zero-order chi connectivity index (χ0) is 22.6. The molecule has 0 aliphatic carbocycles. The molecule has 33 heavy (non-hydrogen) atoms. The Hall–Kier alpha value is -2.29. The van der Waals surface area contributed by atoms with Gasteiger partial charge in [0.1, 0.15) is 6.10 Å². The van der Waals surface area contributed by atoms with Crippen LogP contribution in [0.4, 0.5) is 5.69 Å². The number of rotatable bonds is 8. The number of benzene rings is 3. The van der Waals surface area contributed by atoms with Crippen LogP contribution in [0.3, 0.4) is 0 Å². The molecule has 0 aromatic heterocycles. The van der Waals surface area contributed by atoms with E-state index >= 15 is 0 Å². The van der Waals surface area contributed by atoms with Crippen LogP contribution in [0, 0.1) is 0 Å². The summed E-state index contributed by atoms with van der Waals surface area (Å²) in [5.41, 5.74) is 5.26. The van der Waals surface area contributed by atoms with Crippen molar-refractivity contribution in [3.8, 4) is 0 Å². The summed E-state index contributed by atoms with van der Waals surface area (Å²) in [5, 5.41) is 0.762. The van der Waals surface area contributed by atoms with Gasteiger partial charge in [-0.3, -0.25) is 0 Å². The van der Waals surface area contributed by atoms with Gasteiger partial charge in [0.05, 0.1) is 6.10 Å². The third-order valence-corrected chi connectivity index (χ3v) is 7.57. The monoisotopic (exact) mass is 459 g/mol. The Bertz CT molecular complexity index is 1020. The lowest BCUT2D eigenvalue weighted by Crippen LogP contribution is -2.46. The number of aryl methyl sites for hydroxylation is 1. The van der Waals surface area contributed by atoms with Gasteiger partial charge in [0.2, 0.25) is 0 Å². The molecule has 0 amide bonds. The molecule has 2 unspecified atom stereocenters. The fourth-order valence-electron chi connectivity index (χ4n) is 5.72. The van der Waals surface area contributed by atoms with Crippen molar-refractivity contribution in [1.82, 2.24) is 0 Å². The minimum atomic E-state index is -0.0585. The normalized spacial score (nSPS) is 23.0. The van der Waals surface area contributed by atoms with Crippen LogP contribution < -0.4 is 4.90 Å². The van der Waals surface area contributed by atoms with Crippen molar-refractivity contribution in [3.63, 3.8) is 0 Å². The highest BCUT2D eigenvalue weighted by Gasteiger charge is 2.42. The summed E-state index contributed by atoms with van der Waals surface area (Å²) < 4.78 is 6.88. The smallest absolute Gasteiger partial charge is 0.108 e. The minimum Gasteiger partial charge on any atom is -0.365 e. The fraction of sp³-hybridized carbons (Fsp3) is 0.400. The van der Waals surface area contributed by atoms with Crippen molar-refractivity contribution in [2.24, 2.45) is 0 Å². The van der Waals surface area contributed by atoms with Crippen LogP contribution >= 0.6 is 11.6 Å². The van der Waals surface area contributed by atoms with Crippen LogP contribution in [0.2, 0.25) is 5.02 Å².